The van der Waals surface area contributed by atoms with E-state index in [1.165, 1.54) is 10.8 Å². The van der Waals surface area contributed by atoms with Crippen molar-refractivity contribution in [3.8, 4) is 0 Å². The van der Waals surface area contributed by atoms with Crippen LogP contribution in [0.5, 0.6) is 0 Å². The number of aryl methyl sites for hydroxylation is 1. The molecule has 0 saturated heterocycles. The second-order valence-corrected chi connectivity index (χ2v) is 4.11. The highest BCUT2D eigenvalue weighted by Crippen LogP contribution is 2.27. The number of nitro groups is 1. The molecule has 0 spiro atoms. The first kappa shape index (κ1) is 11.6. The molecular formula is C9H11N5O2S. The molecule has 0 saturated carbocycles. The molecule has 0 aliphatic heterocycles. The minimum absolute atomic E-state index is 0.0618. The van der Waals surface area contributed by atoms with Gasteiger partial charge in [0.1, 0.15) is 17.3 Å². The summed E-state index contributed by atoms with van der Waals surface area (Å²) in [5, 5.41) is 10.3. The summed E-state index contributed by atoms with van der Waals surface area (Å²) in [6.45, 7) is 0. The van der Waals surface area contributed by atoms with Crippen molar-refractivity contribution in [1.82, 2.24) is 19.1 Å². The molecule has 0 aliphatic carbocycles. The summed E-state index contributed by atoms with van der Waals surface area (Å²) < 4.78 is 3.21. The molecule has 8 heteroatoms. The van der Waals surface area contributed by atoms with Crippen LogP contribution in [0.25, 0.3) is 0 Å². The van der Waals surface area contributed by atoms with Crippen molar-refractivity contribution in [1.29, 1.82) is 0 Å². The molecule has 1 atom stereocenters. The van der Waals surface area contributed by atoms with Crippen molar-refractivity contribution in [2.75, 3.05) is 0 Å². The smallest absolute Gasteiger partial charge is 0.342 e. The zero-order valence-corrected chi connectivity index (χ0v) is 10.2. The maximum Gasteiger partial charge on any atom is 0.342 e. The van der Waals surface area contributed by atoms with E-state index < -0.39 is 10.2 Å². The van der Waals surface area contributed by atoms with Gasteiger partial charge in [-0.3, -0.25) is 0 Å². The highest BCUT2D eigenvalue weighted by Gasteiger charge is 2.25. The van der Waals surface area contributed by atoms with Crippen LogP contribution in [0.3, 0.4) is 0 Å². The number of aromatic nitrogens is 4. The lowest BCUT2D eigenvalue weighted by molar-refractivity contribution is -0.391. The minimum atomic E-state index is -0.477. The third-order valence-corrected chi connectivity index (χ3v) is 3.00. The summed E-state index contributed by atoms with van der Waals surface area (Å²) >= 11 is 4.41. The molecule has 90 valence electrons. The van der Waals surface area contributed by atoms with Gasteiger partial charge >= 0.3 is 5.82 Å². The zero-order valence-electron chi connectivity index (χ0n) is 9.31. The molecule has 0 aliphatic rings. The van der Waals surface area contributed by atoms with E-state index in [1.807, 2.05) is 7.05 Å². The largest absolute Gasteiger partial charge is 0.358 e. The third kappa shape index (κ3) is 1.91. The number of nitrogens with zero attached hydrogens (tertiary/aromatic N) is 5. The average Bonchev–Trinajstić information content (AvgIpc) is 2.83. The Bertz CT molecular complexity index is 561. The highest BCUT2D eigenvalue weighted by molar-refractivity contribution is 7.80. The van der Waals surface area contributed by atoms with Crippen LogP contribution in [-0.2, 0) is 14.1 Å². The van der Waals surface area contributed by atoms with Gasteiger partial charge in [0.2, 0.25) is 5.82 Å². The molecule has 2 aromatic heterocycles. The third-order valence-electron chi connectivity index (χ3n) is 2.53. The van der Waals surface area contributed by atoms with Gasteiger partial charge in [-0.25, -0.2) is 14.5 Å². The number of hydrogen-bond donors (Lipinski definition) is 1. The fourth-order valence-corrected chi connectivity index (χ4v) is 2.08. The van der Waals surface area contributed by atoms with Crippen LogP contribution < -0.4 is 0 Å². The van der Waals surface area contributed by atoms with E-state index in [1.54, 1.807) is 24.0 Å². The van der Waals surface area contributed by atoms with E-state index in [-0.39, 0.29) is 5.82 Å². The van der Waals surface area contributed by atoms with Gasteiger partial charge in [-0.05, 0) is 4.92 Å². The molecule has 0 bridgehead atoms. The lowest BCUT2D eigenvalue weighted by atomic mass is 10.3. The van der Waals surface area contributed by atoms with Crippen LogP contribution in [0, 0.1) is 10.1 Å². The lowest BCUT2D eigenvalue weighted by Crippen LogP contribution is -2.09. The Kier molecular flexibility index (Phi) is 2.88. The number of hydrogen-bond acceptors (Lipinski definition) is 5. The van der Waals surface area contributed by atoms with Crippen LogP contribution in [-0.4, -0.2) is 24.0 Å². The molecule has 0 amide bonds. The molecule has 0 aromatic carbocycles. The molecule has 0 fully saturated rings. The van der Waals surface area contributed by atoms with E-state index in [9.17, 15) is 10.1 Å². The van der Waals surface area contributed by atoms with Crippen LogP contribution >= 0.6 is 12.6 Å². The van der Waals surface area contributed by atoms with Gasteiger partial charge in [0.05, 0.1) is 7.05 Å². The monoisotopic (exact) mass is 253 g/mol. The van der Waals surface area contributed by atoms with Gasteiger partial charge in [0, 0.05) is 19.4 Å². The highest BCUT2D eigenvalue weighted by atomic mass is 32.1. The average molecular weight is 253 g/mol. The van der Waals surface area contributed by atoms with Crippen molar-refractivity contribution >= 4 is 18.4 Å². The van der Waals surface area contributed by atoms with E-state index in [2.05, 4.69) is 22.6 Å². The van der Waals surface area contributed by atoms with Crippen molar-refractivity contribution < 1.29 is 4.92 Å². The van der Waals surface area contributed by atoms with Crippen LogP contribution in [0.1, 0.15) is 16.9 Å². The minimum Gasteiger partial charge on any atom is -0.358 e. The number of rotatable bonds is 3. The SMILES string of the molecule is Cn1ccnc1C(S)c1ncc([N+](=O)[O-])n1C. The first-order valence-electron chi connectivity index (χ1n) is 4.83. The predicted molar refractivity (Wildman–Crippen MR) is 63.9 cm³/mol. The summed E-state index contributed by atoms with van der Waals surface area (Å²) in [6.07, 6.45) is 4.66. The Morgan fingerprint density at radius 3 is 2.59 bits per heavy atom. The summed E-state index contributed by atoms with van der Waals surface area (Å²) in [5.74, 6) is 1.12. The maximum absolute atomic E-state index is 10.7. The van der Waals surface area contributed by atoms with Gasteiger partial charge in [-0.1, -0.05) is 0 Å². The fraction of sp³-hybridized carbons (Fsp3) is 0.333. The zero-order chi connectivity index (χ0) is 12.6. The van der Waals surface area contributed by atoms with Gasteiger partial charge in [-0.15, -0.1) is 0 Å². The van der Waals surface area contributed by atoms with Crippen LogP contribution in [0.4, 0.5) is 5.82 Å². The maximum atomic E-state index is 10.7. The Hall–Kier alpha value is -1.83. The Balaban J connectivity index is 2.42. The predicted octanol–water partition coefficient (Wildman–Crippen LogP) is 1.08. The topological polar surface area (TPSA) is 78.8 Å². The summed E-state index contributed by atoms with van der Waals surface area (Å²) in [6, 6.07) is 0. The molecule has 2 heterocycles. The Morgan fingerprint density at radius 1 is 1.41 bits per heavy atom. The number of imidazole rings is 2. The normalized spacial score (nSPS) is 12.6. The second-order valence-electron chi connectivity index (χ2n) is 3.59. The molecule has 17 heavy (non-hydrogen) atoms. The van der Waals surface area contributed by atoms with Crippen LogP contribution in [0.15, 0.2) is 18.6 Å². The Morgan fingerprint density at radius 2 is 2.12 bits per heavy atom. The lowest BCUT2D eigenvalue weighted by Gasteiger charge is -2.07. The van der Waals surface area contributed by atoms with Gasteiger partial charge < -0.3 is 14.7 Å². The van der Waals surface area contributed by atoms with Crippen molar-refractivity contribution in [3.05, 3.63) is 40.4 Å². The summed E-state index contributed by atoms with van der Waals surface area (Å²) in [7, 11) is 3.43. The fourth-order valence-electron chi connectivity index (χ4n) is 1.59. The van der Waals surface area contributed by atoms with Gasteiger partial charge in [0.15, 0.2) is 0 Å². The van der Waals surface area contributed by atoms with E-state index in [0.717, 1.165) is 0 Å². The van der Waals surface area contributed by atoms with Gasteiger partial charge in [0.25, 0.3) is 0 Å². The van der Waals surface area contributed by atoms with E-state index in [0.29, 0.717) is 11.6 Å². The molecule has 7 nitrogen and oxygen atoms in total. The number of thiol groups is 1. The van der Waals surface area contributed by atoms with E-state index in [4.69, 9.17) is 0 Å². The summed E-state index contributed by atoms with van der Waals surface area (Å²) in [5.41, 5.74) is 0. The summed E-state index contributed by atoms with van der Waals surface area (Å²) in [4.78, 5) is 18.4. The quantitative estimate of drug-likeness (QED) is 0.504. The molecule has 0 radical (unpaired) electrons. The Labute approximate surface area is 103 Å². The van der Waals surface area contributed by atoms with E-state index >= 15 is 0 Å². The molecule has 1 unspecified atom stereocenters. The standard InChI is InChI=1S/C9H11N5O2S/c1-12-4-3-10-8(12)7(17)9-11-5-6(13(9)2)14(15)16/h3-5,7,17H,1-2H3. The molecular weight excluding hydrogens is 242 g/mol. The second kappa shape index (κ2) is 4.21. The molecule has 0 N–H and O–H groups in total. The molecule has 2 aromatic rings. The molecule has 2 rings (SSSR count). The van der Waals surface area contributed by atoms with Crippen molar-refractivity contribution in [3.63, 3.8) is 0 Å². The first-order valence-corrected chi connectivity index (χ1v) is 5.35. The van der Waals surface area contributed by atoms with Gasteiger partial charge in [-0.2, -0.15) is 12.6 Å². The van der Waals surface area contributed by atoms with Crippen molar-refractivity contribution in [2.24, 2.45) is 14.1 Å². The van der Waals surface area contributed by atoms with Crippen LogP contribution in [0.2, 0.25) is 0 Å². The van der Waals surface area contributed by atoms with Crippen molar-refractivity contribution in [2.45, 2.75) is 5.25 Å². The first-order chi connectivity index (χ1) is 8.02.